The maximum atomic E-state index is 12.3. The zero-order valence-electron chi connectivity index (χ0n) is 22.7. The zero-order valence-corrected chi connectivity index (χ0v) is 24.3. The summed E-state index contributed by atoms with van der Waals surface area (Å²) in [6, 6.07) is 8.41. The summed E-state index contributed by atoms with van der Waals surface area (Å²) in [5.74, 6) is 3.87. The number of thioether (sulfide) groups is 2. The number of ketones is 1. The molecule has 0 heterocycles. The highest BCUT2D eigenvalue weighted by Gasteiger charge is 2.62. The van der Waals surface area contributed by atoms with E-state index in [2.05, 4.69) is 31.1 Å². The van der Waals surface area contributed by atoms with Crippen molar-refractivity contribution in [1.82, 2.24) is 0 Å². The molecule has 4 aliphatic carbocycles. The van der Waals surface area contributed by atoms with Gasteiger partial charge in [-0.1, -0.05) is 55.8 Å². The van der Waals surface area contributed by atoms with Gasteiger partial charge in [0.05, 0.1) is 11.8 Å². The molecule has 4 aliphatic rings. The van der Waals surface area contributed by atoms with E-state index in [4.69, 9.17) is 4.84 Å². The molecule has 0 bridgehead atoms. The Labute approximate surface area is 234 Å². The highest BCUT2D eigenvalue weighted by Crippen LogP contribution is 2.67. The molecule has 2 saturated carbocycles. The molecule has 0 radical (unpaired) electrons. The van der Waals surface area contributed by atoms with Gasteiger partial charge in [0, 0.05) is 29.3 Å². The number of rotatable bonds is 7. The second-order valence-corrected chi connectivity index (χ2v) is 13.9. The topological polar surface area (TPSA) is 76.0 Å². The van der Waals surface area contributed by atoms with Crippen molar-refractivity contribution >= 4 is 40.8 Å². The number of benzene rings is 1. The molecule has 5 nitrogen and oxygen atoms in total. The second kappa shape index (κ2) is 11.3. The van der Waals surface area contributed by atoms with Crippen LogP contribution < -0.4 is 0 Å². The van der Waals surface area contributed by atoms with Gasteiger partial charge in [0.25, 0.3) is 0 Å². The molecule has 0 spiro atoms. The third-order valence-corrected chi connectivity index (χ3v) is 11.2. The number of fused-ring (bicyclic) bond motifs is 4. The van der Waals surface area contributed by atoms with Gasteiger partial charge in [-0.05, 0) is 96.2 Å². The van der Waals surface area contributed by atoms with Crippen molar-refractivity contribution in [3.05, 3.63) is 58.2 Å². The SMILES string of the molecule is CCSC[C@]1(O)CC[C@H]2[C@@H]3CCC4=CC(=O)CCC4=C3[C@@H](c3ccc(/C=N/OC(=O)SCC)cc3)C[C@@]21C. The van der Waals surface area contributed by atoms with Gasteiger partial charge in [0.1, 0.15) is 0 Å². The summed E-state index contributed by atoms with van der Waals surface area (Å²) in [5, 5.41) is 15.5. The zero-order chi connectivity index (χ0) is 26.9. The lowest BCUT2D eigenvalue weighted by Gasteiger charge is -2.55. The molecule has 1 aromatic rings. The first kappa shape index (κ1) is 27.7. The van der Waals surface area contributed by atoms with Crippen LogP contribution in [0.1, 0.15) is 82.8 Å². The Morgan fingerprint density at radius 1 is 1.16 bits per heavy atom. The average Bonchev–Trinajstić information content (AvgIpc) is 3.17. The van der Waals surface area contributed by atoms with E-state index in [-0.39, 0.29) is 17.1 Å². The van der Waals surface area contributed by atoms with Gasteiger partial charge >= 0.3 is 5.30 Å². The van der Waals surface area contributed by atoms with Crippen LogP contribution in [0.4, 0.5) is 4.79 Å². The summed E-state index contributed by atoms with van der Waals surface area (Å²) in [6.07, 6.45) is 9.85. The largest absolute Gasteiger partial charge is 0.393 e. The molecule has 0 aliphatic heterocycles. The molecule has 2 fully saturated rings. The van der Waals surface area contributed by atoms with E-state index in [1.54, 1.807) is 6.21 Å². The Kier molecular flexibility index (Phi) is 8.28. The Morgan fingerprint density at radius 3 is 2.68 bits per heavy atom. The fourth-order valence-electron chi connectivity index (χ4n) is 7.65. The lowest BCUT2D eigenvalue weighted by atomic mass is 9.51. The van der Waals surface area contributed by atoms with Crippen molar-refractivity contribution < 1.29 is 19.5 Å². The fourth-order valence-corrected chi connectivity index (χ4v) is 9.00. The molecule has 5 rings (SSSR count). The third-order valence-electron chi connectivity index (χ3n) is 9.53. The van der Waals surface area contributed by atoms with E-state index in [1.165, 1.54) is 22.3 Å². The van der Waals surface area contributed by atoms with Gasteiger partial charge in [-0.2, -0.15) is 11.8 Å². The number of nitrogens with zero attached hydrogens (tertiary/aromatic N) is 1. The molecule has 38 heavy (non-hydrogen) atoms. The summed E-state index contributed by atoms with van der Waals surface area (Å²) in [4.78, 5) is 28.8. The molecule has 0 amide bonds. The number of carbonyl (C=O) groups excluding carboxylic acids is 2. The highest BCUT2D eigenvalue weighted by molar-refractivity contribution is 8.13. The number of hydrogen-bond acceptors (Lipinski definition) is 7. The van der Waals surface area contributed by atoms with Gasteiger partial charge in [-0.25, -0.2) is 4.79 Å². The normalized spacial score (nSPS) is 32.6. The van der Waals surface area contributed by atoms with E-state index in [0.29, 0.717) is 24.0 Å². The van der Waals surface area contributed by atoms with Crippen molar-refractivity contribution in [3.63, 3.8) is 0 Å². The van der Waals surface area contributed by atoms with Gasteiger partial charge in [-0.3, -0.25) is 4.79 Å². The van der Waals surface area contributed by atoms with Crippen LogP contribution in [0.3, 0.4) is 0 Å². The van der Waals surface area contributed by atoms with Crippen LogP contribution in [0.25, 0.3) is 0 Å². The number of aliphatic hydroxyl groups is 1. The smallest absolute Gasteiger partial charge is 0.388 e. The highest BCUT2D eigenvalue weighted by atomic mass is 32.2. The molecule has 0 aromatic heterocycles. The summed E-state index contributed by atoms with van der Waals surface area (Å²) < 4.78 is 0. The minimum Gasteiger partial charge on any atom is -0.388 e. The van der Waals surface area contributed by atoms with E-state index < -0.39 is 10.9 Å². The van der Waals surface area contributed by atoms with E-state index in [1.807, 2.05) is 36.9 Å². The Morgan fingerprint density at radius 2 is 1.95 bits per heavy atom. The predicted octanol–water partition coefficient (Wildman–Crippen LogP) is 7.29. The lowest BCUT2D eigenvalue weighted by Crippen LogP contribution is -2.53. The Balaban J connectivity index is 1.50. The van der Waals surface area contributed by atoms with Crippen molar-refractivity contribution in [3.8, 4) is 0 Å². The molecule has 7 heteroatoms. The summed E-state index contributed by atoms with van der Waals surface area (Å²) in [7, 11) is 0. The molecule has 0 saturated heterocycles. The average molecular weight is 554 g/mol. The van der Waals surface area contributed by atoms with Crippen molar-refractivity contribution in [2.75, 3.05) is 17.3 Å². The minimum absolute atomic E-state index is 0.147. The first-order chi connectivity index (χ1) is 18.3. The van der Waals surface area contributed by atoms with Crippen LogP contribution in [-0.2, 0) is 9.63 Å². The van der Waals surface area contributed by atoms with Crippen molar-refractivity contribution in [2.45, 2.75) is 77.2 Å². The van der Waals surface area contributed by atoms with Crippen LogP contribution in [0.15, 0.2) is 52.2 Å². The van der Waals surface area contributed by atoms with E-state index in [9.17, 15) is 14.7 Å². The first-order valence-electron chi connectivity index (χ1n) is 14.0. The molecule has 1 N–H and O–H groups in total. The Bertz CT molecular complexity index is 1170. The van der Waals surface area contributed by atoms with Crippen molar-refractivity contribution in [1.29, 1.82) is 0 Å². The Hall–Kier alpha value is -1.83. The van der Waals surface area contributed by atoms with E-state index >= 15 is 0 Å². The summed E-state index contributed by atoms with van der Waals surface area (Å²) >= 11 is 2.95. The van der Waals surface area contributed by atoms with Gasteiger partial charge in [0.2, 0.25) is 0 Å². The quantitative estimate of drug-likeness (QED) is 0.217. The van der Waals surface area contributed by atoms with Crippen LogP contribution in [-0.4, -0.2) is 45.3 Å². The van der Waals surface area contributed by atoms with Crippen LogP contribution in [0.2, 0.25) is 0 Å². The van der Waals surface area contributed by atoms with E-state index in [0.717, 1.165) is 67.4 Å². The predicted molar refractivity (Wildman–Crippen MR) is 157 cm³/mol. The molecule has 0 unspecified atom stereocenters. The lowest BCUT2D eigenvalue weighted by molar-refractivity contribution is -0.114. The van der Waals surface area contributed by atoms with Crippen LogP contribution in [0, 0.1) is 17.3 Å². The number of carbonyl (C=O) groups is 2. The maximum absolute atomic E-state index is 12.3. The van der Waals surface area contributed by atoms with Gasteiger partial charge < -0.3 is 9.94 Å². The van der Waals surface area contributed by atoms with Crippen molar-refractivity contribution in [2.24, 2.45) is 22.4 Å². The second-order valence-electron chi connectivity index (χ2n) is 11.4. The standard InChI is InChI=1S/C31H39NO4S2/c1-4-37-19-31(35)15-14-27-25-12-10-22-16-23(33)11-13-24(22)28(25)26(17-30(27,31)3)21-8-6-20(7-9-21)18-32-36-29(34)38-5-2/h6-9,16,18,25-27,35H,4-5,10-15,17,19H2,1-3H3/b32-18+/t25-,26+,27-,30-,31+/m0/s1. The van der Waals surface area contributed by atoms with Gasteiger partial charge in [-0.15, -0.1) is 0 Å². The van der Waals surface area contributed by atoms with Crippen LogP contribution >= 0.6 is 23.5 Å². The molecule has 5 atom stereocenters. The monoisotopic (exact) mass is 553 g/mol. The number of allylic oxidation sites excluding steroid dienone is 4. The molecular formula is C31H39NO4S2. The fraction of sp³-hybridized carbons (Fsp3) is 0.581. The third kappa shape index (κ3) is 5.06. The maximum Gasteiger partial charge on any atom is 0.393 e. The summed E-state index contributed by atoms with van der Waals surface area (Å²) in [5.41, 5.74) is 5.55. The number of oxime groups is 1. The minimum atomic E-state index is -0.654. The molecule has 1 aromatic carbocycles. The first-order valence-corrected chi connectivity index (χ1v) is 16.2. The van der Waals surface area contributed by atoms with Gasteiger partial charge in [0.15, 0.2) is 5.78 Å². The molecule has 204 valence electrons. The van der Waals surface area contributed by atoms with Crippen LogP contribution in [0.5, 0.6) is 0 Å². The number of hydrogen-bond donors (Lipinski definition) is 1. The molecular weight excluding hydrogens is 514 g/mol. The summed E-state index contributed by atoms with van der Waals surface area (Å²) in [6.45, 7) is 6.42.